The summed E-state index contributed by atoms with van der Waals surface area (Å²) in [4.78, 5) is 15.5. The van der Waals surface area contributed by atoms with Crippen molar-refractivity contribution < 1.29 is 9.18 Å². The maximum atomic E-state index is 13.0. The van der Waals surface area contributed by atoms with Crippen molar-refractivity contribution in [2.45, 2.75) is 12.1 Å². The fraction of sp³-hybridized carbons (Fsp3) is 0.182. The molecule has 1 aromatic carbocycles. The van der Waals surface area contributed by atoms with Gasteiger partial charge in [-0.3, -0.25) is 9.89 Å². The monoisotopic (exact) mass is 266 g/mol. The highest BCUT2D eigenvalue weighted by Gasteiger charge is 2.07. The Morgan fingerprint density at radius 1 is 1.56 bits per heavy atom. The molecule has 2 aromatic rings. The van der Waals surface area contributed by atoms with E-state index in [0.29, 0.717) is 10.8 Å². The average molecular weight is 266 g/mol. The Kier molecular flexibility index (Phi) is 3.93. The molecule has 0 fully saturated rings. The van der Waals surface area contributed by atoms with Crippen molar-refractivity contribution in [1.82, 2.24) is 15.2 Å². The fourth-order valence-electron chi connectivity index (χ4n) is 1.31. The Hall–Kier alpha value is -1.89. The summed E-state index contributed by atoms with van der Waals surface area (Å²) in [5, 5.41) is 9.53. The first-order valence-corrected chi connectivity index (χ1v) is 6.18. The van der Waals surface area contributed by atoms with Crippen LogP contribution < -0.4 is 5.32 Å². The molecule has 2 rings (SSSR count). The van der Waals surface area contributed by atoms with Crippen LogP contribution in [0.4, 0.5) is 10.1 Å². The number of thioether (sulfide) groups is 1. The van der Waals surface area contributed by atoms with Crippen LogP contribution in [0.5, 0.6) is 0 Å². The van der Waals surface area contributed by atoms with Gasteiger partial charge in [0, 0.05) is 5.69 Å². The molecule has 1 aromatic heterocycles. The number of nitrogens with one attached hydrogen (secondary N) is 2. The first-order valence-electron chi connectivity index (χ1n) is 5.19. The molecule has 18 heavy (non-hydrogen) atoms. The van der Waals surface area contributed by atoms with E-state index in [0.717, 1.165) is 5.56 Å². The molecule has 2 N–H and O–H groups in total. The molecule has 0 atom stereocenters. The lowest BCUT2D eigenvalue weighted by Crippen LogP contribution is -2.15. The van der Waals surface area contributed by atoms with Gasteiger partial charge >= 0.3 is 0 Å². The van der Waals surface area contributed by atoms with E-state index in [1.807, 2.05) is 0 Å². The molecule has 0 unspecified atom stereocenters. The van der Waals surface area contributed by atoms with E-state index in [2.05, 4.69) is 20.5 Å². The summed E-state index contributed by atoms with van der Waals surface area (Å²) in [5.74, 6) is -0.408. The number of anilines is 1. The van der Waals surface area contributed by atoms with E-state index in [-0.39, 0.29) is 17.5 Å². The van der Waals surface area contributed by atoms with Gasteiger partial charge in [0.2, 0.25) is 5.91 Å². The molecule has 0 saturated heterocycles. The second-order valence-corrected chi connectivity index (χ2v) is 4.55. The lowest BCUT2D eigenvalue weighted by atomic mass is 10.2. The zero-order chi connectivity index (χ0) is 13.0. The lowest BCUT2D eigenvalue weighted by Gasteiger charge is -2.07. The first-order chi connectivity index (χ1) is 8.65. The molecule has 0 aliphatic heterocycles. The van der Waals surface area contributed by atoms with Gasteiger partial charge < -0.3 is 5.32 Å². The highest BCUT2D eigenvalue weighted by molar-refractivity contribution is 7.99. The van der Waals surface area contributed by atoms with E-state index >= 15 is 0 Å². The van der Waals surface area contributed by atoms with Crippen LogP contribution in [0.15, 0.2) is 29.7 Å². The number of amides is 1. The third-order valence-corrected chi connectivity index (χ3v) is 3.08. The van der Waals surface area contributed by atoms with Crippen molar-refractivity contribution in [1.29, 1.82) is 0 Å². The topological polar surface area (TPSA) is 70.7 Å². The minimum Gasteiger partial charge on any atom is -0.325 e. The van der Waals surface area contributed by atoms with Gasteiger partial charge in [0.15, 0.2) is 5.16 Å². The number of aryl methyl sites for hydroxylation is 1. The molecule has 0 aliphatic rings. The maximum Gasteiger partial charge on any atom is 0.234 e. The SMILES string of the molecule is Cc1ccc(F)cc1NC(=O)CSc1ncn[nH]1. The lowest BCUT2D eigenvalue weighted by molar-refractivity contribution is -0.113. The Labute approximate surface area is 107 Å². The number of nitrogens with zero attached hydrogens (tertiary/aromatic N) is 2. The molecule has 0 aliphatic carbocycles. The van der Waals surface area contributed by atoms with E-state index in [9.17, 15) is 9.18 Å². The largest absolute Gasteiger partial charge is 0.325 e. The van der Waals surface area contributed by atoms with Crippen molar-refractivity contribution in [2.24, 2.45) is 0 Å². The Morgan fingerprint density at radius 2 is 2.39 bits per heavy atom. The van der Waals surface area contributed by atoms with Crippen LogP contribution in [-0.4, -0.2) is 26.8 Å². The predicted octanol–water partition coefficient (Wildman–Crippen LogP) is 1.98. The van der Waals surface area contributed by atoms with Crippen molar-refractivity contribution in [2.75, 3.05) is 11.1 Å². The summed E-state index contributed by atoms with van der Waals surface area (Å²) in [6, 6.07) is 4.27. The Balaban J connectivity index is 1.92. The molecule has 1 heterocycles. The van der Waals surface area contributed by atoms with Crippen molar-refractivity contribution in [3.8, 4) is 0 Å². The molecule has 0 radical (unpaired) electrons. The Bertz CT molecular complexity index is 544. The van der Waals surface area contributed by atoms with E-state index in [1.54, 1.807) is 13.0 Å². The average Bonchev–Trinajstić information content (AvgIpc) is 2.84. The van der Waals surface area contributed by atoms with Gasteiger partial charge in [-0.25, -0.2) is 9.37 Å². The molecule has 7 heteroatoms. The highest BCUT2D eigenvalue weighted by atomic mass is 32.2. The summed E-state index contributed by atoms with van der Waals surface area (Å²) in [7, 11) is 0. The fourth-order valence-corrected chi connectivity index (χ4v) is 1.89. The third kappa shape index (κ3) is 3.30. The van der Waals surface area contributed by atoms with Gasteiger partial charge in [-0.05, 0) is 24.6 Å². The van der Waals surface area contributed by atoms with Gasteiger partial charge in [0.25, 0.3) is 0 Å². The quantitative estimate of drug-likeness (QED) is 0.830. The van der Waals surface area contributed by atoms with Crippen LogP contribution >= 0.6 is 11.8 Å². The number of rotatable bonds is 4. The zero-order valence-electron chi connectivity index (χ0n) is 9.61. The van der Waals surface area contributed by atoms with Crippen molar-refractivity contribution in [3.63, 3.8) is 0 Å². The van der Waals surface area contributed by atoms with E-state index in [1.165, 1.54) is 30.2 Å². The Morgan fingerprint density at radius 3 is 3.11 bits per heavy atom. The number of aromatic amines is 1. The summed E-state index contributed by atoms with van der Waals surface area (Å²) in [5.41, 5.74) is 1.30. The maximum absolute atomic E-state index is 13.0. The standard InChI is InChI=1S/C11H11FN4OS/c1-7-2-3-8(12)4-9(7)15-10(17)5-18-11-13-6-14-16-11/h2-4,6H,5H2,1H3,(H,15,17)(H,13,14,16). The van der Waals surface area contributed by atoms with Crippen LogP contribution in [0.25, 0.3) is 0 Å². The number of hydrogen-bond acceptors (Lipinski definition) is 4. The molecule has 0 spiro atoms. The van der Waals surface area contributed by atoms with E-state index < -0.39 is 0 Å². The number of carbonyl (C=O) groups is 1. The van der Waals surface area contributed by atoms with Crippen LogP contribution in [-0.2, 0) is 4.79 Å². The van der Waals surface area contributed by atoms with Gasteiger partial charge in [0.05, 0.1) is 5.75 Å². The second-order valence-electron chi connectivity index (χ2n) is 3.59. The van der Waals surface area contributed by atoms with Crippen LogP contribution in [0.3, 0.4) is 0 Å². The van der Waals surface area contributed by atoms with Crippen LogP contribution in [0.1, 0.15) is 5.56 Å². The van der Waals surface area contributed by atoms with Gasteiger partial charge in [-0.1, -0.05) is 17.8 Å². The molecule has 0 bridgehead atoms. The van der Waals surface area contributed by atoms with Gasteiger partial charge in [-0.2, -0.15) is 5.10 Å². The number of H-pyrrole nitrogens is 1. The first kappa shape index (κ1) is 12.6. The molecule has 94 valence electrons. The minimum atomic E-state index is -0.376. The summed E-state index contributed by atoms with van der Waals surface area (Å²) < 4.78 is 13.0. The molecule has 5 nitrogen and oxygen atoms in total. The number of hydrogen-bond donors (Lipinski definition) is 2. The van der Waals surface area contributed by atoms with Crippen molar-refractivity contribution >= 4 is 23.4 Å². The number of aromatic nitrogens is 3. The smallest absolute Gasteiger partial charge is 0.234 e. The van der Waals surface area contributed by atoms with E-state index in [4.69, 9.17) is 0 Å². The minimum absolute atomic E-state index is 0.186. The molecular weight excluding hydrogens is 255 g/mol. The summed E-state index contributed by atoms with van der Waals surface area (Å²) in [6.07, 6.45) is 1.37. The third-order valence-electron chi connectivity index (χ3n) is 2.21. The highest BCUT2D eigenvalue weighted by Crippen LogP contribution is 2.17. The second kappa shape index (κ2) is 5.63. The molecular formula is C11H11FN4OS. The van der Waals surface area contributed by atoms with Crippen LogP contribution in [0.2, 0.25) is 0 Å². The normalized spacial score (nSPS) is 10.3. The van der Waals surface area contributed by atoms with Crippen LogP contribution in [0, 0.1) is 12.7 Å². The number of benzene rings is 1. The number of carbonyl (C=O) groups excluding carboxylic acids is 1. The zero-order valence-corrected chi connectivity index (χ0v) is 10.4. The van der Waals surface area contributed by atoms with Gasteiger partial charge in [0.1, 0.15) is 12.1 Å². The summed E-state index contributed by atoms with van der Waals surface area (Å²) >= 11 is 1.23. The predicted molar refractivity (Wildman–Crippen MR) is 66.9 cm³/mol. The summed E-state index contributed by atoms with van der Waals surface area (Å²) in [6.45, 7) is 1.80. The number of halogens is 1. The molecule has 0 saturated carbocycles. The molecule has 1 amide bonds. The van der Waals surface area contributed by atoms with Crippen molar-refractivity contribution in [3.05, 3.63) is 35.9 Å². The van der Waals surface area contributed by atoms with Gasteiger partial charge in [-0.15, -0.1) is 0 Å².